The minimum absolute atomic E-state index is 0.126. The lowest BCUT2D eigenvalue weighted by Crippen LogP contribution is -2.45. The quantitative estimate of drug-likeness (QED) is 0.373. The molecule has 0 unspecified atom stereocenters. The number of fused-ring (bicyclic) bond motifs is 1. The van der Waals surface area contributed by atoms with Crippen LogP contribution in [0.15, 0.2) is 87.9 Å². The van der Waals surface area contributed by atoms with Crippen LogP contribution in [-0.2, 0) is 21.4 Å². The van der Waals surface area contributed by atoms with E-state index in [1.807, 2.05) is 48.5 Å². The molecule has 2 heterocycles. The summed E-state index contributed by atoms with van der Waals surface area (Å²) in [5, 5.41) is 0. The van der Waals surface area contributed by atoms with Gasteiger partial charge in [-0.2, -0.15) is 0 Å². The van der Waals surface area contributed by atoms with E-state index in [1.165, 1.54) is 34.1 Å². The second-order valence-corrected chi connectivity index (χ2v) is 12.6. The van der Waals surface area contributed by atoms with Crippen LogP contribution in [0.2, 0.25) is 0 Å². The van der Waals surface area contributed by atoms with Crippen LogP contribution >= 0.6 is 15.9 Å². The van der Waals surface area contributed by atoms with Crippen LogP contribution in [0.25, 0.3) is 5.57 Å². The topological polar surface area (TPSA) is 104 Å². The van der Waals surface area contributed by atoms with Crippen molar-refractivity contribution in [2.45, 2.75) is 44.0 Å². The number of carbonyl (C=O) groups is 3. The number of piperidine rings is 1. The third-order valence-electron chi connectivity index (χ3n) is 7.35. The molecule has 3 amide bonds. The molecule has 0 atom stereocenters. The molecule has 0 bridgehead atoms. The van der Waals surface area contributed by atoms with Gasteiger partial charge in [0.2, 0.25) is 0 Å². The van der Waals surface area contributed by atoms with Crippen molar-refractivity contribution in [1.82, 2.24) is 14.5 Å². The van der Waals surface area contributed by atoms with E-state index < -0.39 is 22.0 Å². The molecule has 1 fully saturated rings. The Balaban J connectivity index is 1.49. The Labute approximate surface area is 248 Å². The molecular formula is C31H30BrN3O5S. The van der Waals surface area contributed by atoms with Gasteiger partial charge < -0.3 is 4.90 Å². The van der Waals surface area contributed by atoms with Gasteiger partial charge in [-0.1, -0.05) is 59.3 Å². The van der Waals surface area contributed by atoms with Gasteiger partial charge >= 0.3 is 6.03 Å². The van der Waals surface area contributed by atoms with Gasteiger partial charge in [-0.25, -0.2) is 17.9 Å². The van der Waals surface area contributed by atoms with Crippen LogP contribution in [0.3, 0.4) is 0 Å². The van der Waals surface area contributed by atoms with Crippen LogP contribution in [-0.4, -0.2) is 49.0 Å². The Kier molecular flexibility index (Phi) is 8.42. The molecule has 3 aromatic rings. The van der Waals surface area contributed by atoms with E-state index in [2.05, 4.69) is 20.7 Å². The average molecular weight is 637 g/mol. The maximum Gasteiger partial charge on any atom is 0.331 e. The number of benzene rings is 3. The van der Waals surface area contributed by atoms with Crippen molar-refractivity contribution in [1.29, 1.82) is 0 Å². The third-order valence-corrected chi connectivity index (χ3v) is 9.18. The summed E-state index contributed by atoms with van der Waals surface area (Å²) < 4.78 is 28.8. The number of carbonyl (C=O) groups excluding carboxylic acids is 3. The van der Waals surface area contributed by atoms with Crippen LogP contribution in [0.4, 0.5) is 4.79 Å². The molecule has 0 spiro atoms. The van der Waals surface area contributed by atoms with E-state index in [-0.39, 0.29) is 29.2 Å². The zero-order valence-corrected chi connectivity index (χ0v) is 25.0. The minimum Gasteiger partial charge on any atom is -0.324 e. The number of allylic oxidation sites excluding steroid dienone is 1. The predicted molar refractivity (Wildman–Crippen MR) is 159 cm³/mol. The van der Waals surface area contributed by atoms with E-state index >= 15 is 0 Å². The molecule has 2 aliphatic heterocycles. The molecule has 0 aromatic heterocycles. The van der Waals surface area contributed by atoms with Crippen molar-refractivity contribution >= 4 is 49.2 Å². The van der Waals surface area contributed by atoms with E-state index in [9.17, 15) is 22.8 Å². The number of Topliss-reactive ketones (excluding diaryl/α,β-unsaturated/α-hetero) is 1. The fourth-order valence-corrected chi connectivity index (χ4v) is 6.56. The molecule has 1 saturated heterocycles. The van der Waals surface area contributed by atoms with Crippen molar-refractivity contribution in [3.63, 3.8) is 0 Å². The summed E-state index contributed by atoms with van der Waals surface area (Å²) >= 11 is 3.54. The molecule has 0 saturated carbocycles. The molecule has 41 heavy (non-hydrogen) atoms. The lowest BCUT2D eigenvalue weighted by molar-refractivity contribution is -0.116. The summed E-state index contributed by atoms with van der Waals surface area (Å²) in [5.41, 5.74) is 3.77. The van der Waals surface area contributed by atoms with Crippen molar-refractivity contribution < 1.29 is 22.8 Å². The second kappa shape index (κ2) is 12.0. The average Bonchev–Trinajstić information content (AvgIpc) is 3.00. The Morgan fingerprint density at radius 1 is 0.902 bits per heavy atom. The lowest BCUT2D eigenvalue weighted by Gasteiger charge is -2.33. The zero-order valence-electron chi connectivity index (χ0n) is 22.6. The van der Waals surface area contributed by atoms with E-state index in [0.717, 1.165) is 40.4 Å². The molecule has 5 rings (SSSR count). The summed E-state index contributed by atoms with van der Waals surface area (Å²) in [5.74, 6) is -0.604. The highest BCUT2D eigenvalue weighted by atomic mass is 79.9. The lowest BCUT2D eigenvalue weighted by atomic mass is 9.86. The van der Waals surface area contributed by atoms with Crippen molar-refractivity contribution in [3.8, 4) is 0 Å². The normalized spacial score (nSPS) is 15.4. The van der Waals surface area contributed by atoms with Crippen LogP contribution in [0, 0.1) is 0 Å². The fourth-order valence-electron chi connectivity index (χ4n) is 5.23. The van der Waals surface area contributed by atoms with E-state index in [4.69, 9.17) is 0 Å². The van der Waals surface area contributed by atoms with Gasteiger partial charge in [0, 0.05) is 35.1 Å². The molecule has 10 heteroatoms. The highest BCUT2D eigenvalue weighted by Crippen LogP contribution is 2.39. The molecule has 2 aliphatic rings. The van der Waals surface area contributed by atoms with Gasteiger partial charge in [-0.05, 0) is 72.4 Å². The number of rotatable bonds is 6. The van der Waals surface area contributed by atoms with Gasteiger partial charge in [0.15, 0.2) is 5.78 Å². The number of hydrogen-bond donors (Lipinski definition) is 1. The van der Waals surface area contributed by atoms with E-state index in [1.54, 1.807) is 6.92 Å². The number of nitrogens with one attached hydrogen (secondary N) is 1. The van der Waals surface area contributed by atoms with Gasteiger partial charge in [0.25, 0.3) is 15.9 Å². The van der Waals surface area contributed by atoms with Gasteiger partial charge in [-0.3, -0.25) is 14.5 Å². The number of amides is 3. The summed E-state index contributed by atoms with van der Waals surface area (Å²) in [7, 11) is -4.13. The minimum atomic E-state index is -4.13. The van der Waals surface area contributed by atoms with Gasteiger partial charge in [0.05, 0.1) is 17.1 Å². The fraction of sp³-hybridized carbons (Fsp3) is 0.258. The number of hydrogen-bond acceptors (Lipinski definition) is 5. The number of ketones is 1. The monoisotopic (exact) mass is 635 g/mol. The predicted octanol–water partition coefficient (Wildman–Crippen LogP) is 5.73. The van der Waals surface area contributed by atoms with Gasteiger partial charge in [0.1, 0.15) is 0 Å². The maximum absolute atomic E-state index is 13.9. The number of nitrogens with zero attached hydrogens (tertiary/aromatic N) is 2. The van der Waals surface area contributed by atoms with Crippen LogP contribution < -0.4 is 4.72 Å². The molecule has 8 nitrogen and oxygen atoms in total. The molecule has 3 aromatic carbocycles. The molecule has 1 N–H and O–H groups in total. The second-order valence-electron chi connectivity index (χ2n) is 10.0. The van der Waals surface area contributed by atoms with Crippen LogP contribution in [0.5, 0.6) is 0 Å². The Hall–Kier alpha value is -3.76. The summed E-state index contributed by atoms with van der Waals surface area (Å²) in [6, 6.07) is 20.1. The molecular weight excluding hydrogens is 606 g/mol. The van der Waals surface area contributed by atoms with Crippen molar-refractivity contribution in [2.24, 2.45) is 0 Å². The SMILES string of the molecule is CCC(=O)C1=C(c2ccccc2)c2cc(Br)ccc2CN1C(=O)c1ccc(S(=O)(=O)NC(=O)N2CCCCC2)cc1. The molecule has 0 aliphatic carbocycles. The van der Waals surface area contributed by atoms with Crippen molar-refractivity contribution in [3.05, 3.63) is 105 Å². The Bertz CT molecular complexity index is 1630. The smallest absolute Gasteiger partial charge is 0.324 e. The summed E-state index contributed by atoms with van der Waals surface area (Å²) in [4.78, 5) is 42.7. The molecule has 0 radical (unpaired) electrons. The van der Waals surface area contributed by atoms with Crippen molar-refractivity contribution in [2.75, 3.05) is 13.1 Å². The third kappa shape index (κ3) is 5.99. The highest BCUT2D eigenvalue weighted by Gasteiger charge is 2.34. The maximum atomic E-state index is 13.9. The Morgan fingerprint density at radius 3 is 2.24 bits per heavy atom. The van der Waals surface area contributed by atoms with Gasteiger partial charge in [-0.15, -0.1) is 0 Å². The number of urea groups is 1. The van der Waals surface area contributed by atoms with E-state index in [0.29, 0.717) is 24.4 Å². The summed E-state index contributed by atoms with van der Waals surface area (Å²) in [6.45, 7) is 2.98. The first-order valence-corrected chi connectivity index (χ1v) is 15.8. The first-order valence-electron chi connectivity index (χ1n) is 13.5. The zero-order chi connectivity index (χ0) is 29.1. The first kappa shape index (κ1) is 28.8. The standard InChI is InChI=1S/C31H30BrN3O5S/c1-2-27(36)29-28(21-9-5-3-6-10-21)26-19-24(32)14-11-23(26)20-35(29)30(37)22-12-15-25(16-13-22)41(39,40)33-31(38)34-17-7-4-8-18-34/h3,5-6,9-16,19H,2,4,7-8,17-18,20H2,1H3,(H,33,38). The largest absolute Gasteiger partial charge is 0.331 e. The van der Waals surface area contributed by atoms with Crippen LogP contribution in [0.1, 0.15) is 59.7 Å². The number of sulfonamides is 1. The number of halogens is 1. The first-order chi connectivity index (χ1) is 19.7. The summed E-state index contributed by atoms with van der Waals surface area (Å²) in [6.07, 6.45) is 2.89. The Morgan fingerprint density at radius 2 is 1.59 bits per heavy atom. The highest BCUT2D eigenvalue weighted by molar-refractivity contribution is 9.10. The number of likely N-dealkylation sites (tertiary alicyclic amines) is 1. The molecule has 212 valence electrons.